The molecule has 6 nitrogen and oxygen atoms in total. The minimum absolute atomic E-state index is 0.191. The predicted octanol–water partition coefficient (Wildman–Crippen LogP) is 3.04. The number of aliphatic carboxylic acids is 1. The van der Waals surface area contributed by atoms with Crippen molar-refractivity contribution >= 4 is 23.2 Å². The monoisotopic (exact) mass is 374 g/mol. The van der Waals surface area contributed by atoms with Gasteiger partial charge in [0, 0.05) is 24.4 Å². The number of thiazole rings is 1. The van der Waals surface area contributed by atoms with Crippen LogP contribution in [-0.4, -0.2) is 47.1 Å². The molecule has 2 aromatic rings. The van der Waals surface area contributed by atoms with E-state index in [1.807, 2.05) is 24.3 Å². The first-order chi connectivity index (χ1) is 12.5. The normalized spacial score (nSPS) is 19.5. The van der Waals surface area contributed by atoms with Gasteiger partial charge in [0.2, 0.25) is 0 Å². The van der Waals surface area contributed by atoms with Crippen LogP contribution in [0.3, 0.4) is 0 Å². The van der Waals surface area contributed by atoms with Gasteiger partial charge in [0.1, 0.15) is 11.4 Å². The van der Waals surface area contributed by atoms with Crippen molar-refractivity contribution < 1.29 is 19.4 Å². The Morgan fingerprint density at radius 2 is 2.19 bits per heavy atom. The molecule has 1 aliphatic rings. The first kappa shape index (κ1) is 18.4. The van der Waals surface area contributed by atoms with Gasteiger partial charge in [0.05, 0.1) is 18.0 Å². The number of aryl methyl sites for hydroxylation is 1. The number of aromatic nitrogens is 1. The molecule has 0 radical (unpaired) electrons. The largest absolute Gasteiger partial charge is 0.497 e. The second-order valence-electron chi connectivity index (χ2n) is 6.41. The number of hydrogen-bond donors (Lipinski definition) is 1. The van der Waals surface area contributed by atoms with E-state index in [-0.39, 0.29) is 18.4 Å². The summed E-state index contributed by atoms with van der Waals surface area (Å²) in [6, 6.07) is 7.40. The molecule has 26 heavy (non-hydrogen) atoms. The van der Waals surface area contributed by atoms with E-state index in [1.165, 1.54) is 11.3 Å². The lowest BCUT2D eigenvalue weighted by Gasteiger charge is -2.16. The lowest BCUT2D eigenvalue weighted by molar-refractivity contribution is -0.141. The third-order valence-corrected chi connectivity index (χ3v) is 5.59. The van der Waals surface area contributed by atoms with Crippen molar-refractivity contribution in [1.29, 1.82) is 0 Å². The second kappa shape index (κ2) is 7.86. The Morgan fingerprint density at radius 3 is 2.88 bits per heavy atom. The molecule has 1 aromatic carbocycles. The molecule has 138 valence electrons. The van der Waals surface area contributed by atoms with Crippen molar-refractivity contribution in [3.05, 3.63) is 45.9 Å². The maximum atomic E-state index is 12.8. The number of likely N-dealkylation sites (tertiary alicyclic amines) is 1. The molecule has 1 fully saturated rings. The average Bonchev–Trinajstić information content (AvgIpc) is 3.29. The second-order valence-corrected chi connectivity index (χ2v) is 7.36. The molecule has 0 aliphatic carbocycles. The van der Waals surface area contributed by atoms with Gasteiger partial charge >= 0.3 is 5.97 Å². The Bertz CT molecular complexity index is 804. The quantitative estimate of drug-likeness (QED) is 0.841. The highest BCUT2D eigenvalue weighted by atomic mass is 32.1. The molecular formula is C19H22N2O4S. The van der Waals surface area contributed by atoms with E-state index in [1.54, 1.807) is 17.4 Å². The summed E-state index contributed by atoms with van der Waals surface area (Å²) >= 11 is 1.48. The number of hydrogen-bond acceptors (Lipinski definition) is 5. The first-order valence-corrected chi connectivity index (χ1v) is 9.51. The van der Waals surface area contributed by atoms with Gasteiger partial charge in [0.15, 0.2) is 0 Å². The molecule has 1 amide bonds. The van der Waals surface area contributed by atoms with Crippen molar-refractivity contribution in [3.8, 4) is 5.75 Å². The van der Waals surface area contributed by atoms with Gasteiger partial charge in [-0.15, -0.1) is 11.3 Å². The average molecular weight is 374 g/mol. The summed E-state index contributed by atoms with van der Waals surface area (Å²) in [4.78, 5) is 30.5. The number of carboxylic acid groups (broad SMARTS) is 1. The van der Waals surface area contributed by atoms with Gasteiger partial charge in [0.25, 0.3) is 5.91 Å². The number of carbonyl (C=O) groups is 2. The topological polar surface area (TPSA) is 79.7 Å². The maximum Gasteiger partial charge on any atom is 0.308 e. The Morgan fingerprint density at radius 1 is 1.38 bits per heavy atom. The zero-order valence-electron chi connectivity index (χ0n) is 14.8. The van der Waals surface area contributed by atoms with Gasteiger partial charge in [-0.25, -0.2) is 4.98 Å². The summed E-state index contributed by atoms with van der Waals surface area (Å²) in [5, 5.41) is 12.3. The number of amides is 1. The summed E-state index contributed by atoms with van der Waals surface area (Å²) < 4.78 is 5.24. The molecule has 2 heterocycles. The smallest absolute Gasteiger partial charge is 0.308 e. The Kier molecular flexibility index (Phi) is 5.56. The van der Waals surface area contributed by atoms with E-state index in [2.05, 4.69) is 11.9 Å². The van der Waals surface area contributed by atoms with E-state index >= 15 is 0 Å². The molecule has 0 saturated carbocycles. The van der Waals surface area contributed by atoms with Crippen molar-refractivity contribution in [3.63, 3.8) is 0 Å². The van der Waals surface area contributed by atoms with Gasteiger partial charge in [-0.2, -0.15) is 0 Å². The molecule has 1 N–H and O–H groups in total. The van der Waals surface area contributed by atoms with Crippen LogP contribution in [0.5, 0.6) is 5.75 Å². The van der Waals surface area contributed by atoms with E-state index in [4.69, 9.17) is 4.74 Å². The molecule has 1 aromatic heterocycles. The standard InChI is InChI=1S/C19H22N2O4S/c1-3-5-17-20-16(11-26-17)18(22)21-9-14(15(10-21)19(23)24)12-6-4-7-13(8-12)25-2/h4,6-8,11,14-15H,3,5,9-10H2,1-2H3,(H,23,24)/t14-,15+/m1/s1. The Hall–Kier alpha value is -2.41. The summed E-state index contributed by atoms with van der Waals surface area (Å²) in [6.07, 6.45) is 1.83. The molecule has 0 unspecified atom stereocenters. The van der Waals surface area contributed by atoms with Crippen LogP contribution in [0.25, 0.3) is 0 Å². The number of carboxylic acids is 1. The summed E-state index contributed by atoms with van der Waals surface area (Å²) in [5.74, 6) is -1.31. The van der Waals surface area contributed by atoms with Crippen LogP contribution >= 0.6 is 11.3 Å². The van der Waals surface area contributed by atoms with Crippen LogP contribution in [0.4, 0.5) is 0 Å². The van der Waals surface area contributed by atoms with Gasteiger partial charge < -0.3 is 14.7 Å². The van der Waals surface area contributed by atoms with Crippen molar-refractivity contribution in [1.82, 2.24) is 9.88 Å². The zero-order valence-corrected chi connectivity index (χ0v) is 15.7. The van der Waals surface area contributed by atoms with Crippen molar-refractivity contribution in [2.75, 3.05) is 20.2 Å². The fourth-order valence-corrected chi connectivity index (χ4v) is 4.20. The fourth-order valence-electron chi connectivity index (χ4n) is 3.33. The molecule has 3 rings (SSSR count). The number of benzene rings is 1. The molecular weight excluding hydrogens is 352 g/mol. The molecule has 1 aliphatic heterocycles. The zero-order chi connectivity index (χ0) is 18.7. The number of methoxy groups -OCH3 is 1. The Labute approximate surface area is 156 Å². The summed E-state index contributed by atoms with van der Waals surface area (Å²) in [6.45, 7) is 2.62. The summed E-state index contributed by atoms with van der Waals surface area (Å²) in [7, 11) is 1.58. The molecule has 1 saturated heterocycles. The number of ether oxygens (including phenoxy) is 1. The van der Waals surface area contributed by atoms with E-state index in [9.17, 15) is 14.7 Å². The highest BCUT2D eigenvalue weighted by Crippen LogP contribution is 2.35. The van der Waals surface area contributed by atoms with Crippen LogP contribution in [0.1, 0.15) is 40.3 Å². The van der Waals surface area contributed by atoms with Crippen LogP contribution in [0, 0.1) is 5.92 Å². The fraction of sp³-hybridized carbons (Fsp3) is 0.421. The number of nitrogens with zero attached hydrogens (tertiary/aromatic N) is 2. The maximum absolute atomic E-state index is 12.8. The SMILES string of the molecule is CCCc1nc(C(=O)N2C[C@H](C(=O)O)[C@@H](c3cccc(OC)c3)C2)cs1. The molecule has 0 spiro atoms. The van der Waals surface area contributed by atoms with E-state index < -0.39 is 11.9 Å². The lowest BCUT2D eigenvalue weighted by Crippen LogP contribution is -2.30. The highest BCUT2D eigenvalue weighted by molar-refractivity contribution is 7.09. The molecule has 0 bridgehead atoms. The van der Waals surface area contributed by atoms with E-state index in [0.717, 1.165) is 23.4 Å². The third-order valence-electron chi connectivity index (χ3n) is 4.68. The van der Waals surface area contributed by atoms with Crippen LogP contribution in [0.15, 0.2) is 29.6 Å². The van der Waals surface area contributed by atoms with Crippen LogP contribution in [0.2, 0.25) is 0 Å². The summed E-state index contributed by atoms with van der Waals surface area (Å²) in [5.41, 5.74) is 1.28. The van der Waals surface area contributed by atoms with Crippen LogP contribution in [-0.2, 0) is 11.2 Å². The van der Waals surface area contributed by atoms with Gasteiger partial charge in [-0.3, -0.25) is 9.59 Å². The molecule has 2 atom stereocenters. The first-order valence-electron chi connectivity index (χ1n) is 8.64. The van der Waals surface area contributed by atoms with Crippen molar-refractivity contribution in [2.24, 2.45) is 5.92 Å². The third kappa shape index (κ3) is 3.72. The highest BCUT2D eigenvalue weighted by Gasteiger charge is 2.41. The minimum atomic E-state index is -0.891. The van der Waals surface area contributed by atoms with Crippen LogP contribution < -0.4 is 4.74 Å². The minimum Gasteiger partial charge on any atom is -0.497 e. The number of carbonyl (C=O) groups excluding carboxylic acids is 1. The van der Waals surface area contributed by atoms with Gasteiger partial charge in [-0.05, 0) is 30.5 Å². The number of rotatable bonds is 6. The lowest BCUT2D eigenvalue weighted by atomic mass is 9.89. The van der Waals surface area contributed by atoms with E-state index in [0.29, 0.717) is 18.0 Å². The predicted molar refractivity (Wildman–Crippen MR) is 98.9 cm³/mol. The van der Waals surface area contributed by atoms with Crippen molar-refractivity contribution in [2.45, 2.75) is 25.7 Å². The van der Waals surface area contributed by atoms with Gasteiger partial charge in [-0.1, -0.05) is 19.1 Å². The molecule has 7 heteroatoms. The Balaban J connectivity index is 1.81.